The SMILES string of the molecule is CC1(C)C[C@H](O)[C@H]2CC[C@](CNC(=O)c3cccnc3)(c3ccccc3)CC[C@@H]2O1. The molecule has 0 spiro atoms. The molecule has 4 rings (SSSR count). The van der Waals surface area contributed by atoms with Gasteiger partial charge < -0.3 is 15.2 Å². The number of carbonyl (C=O) groups is 1. The second kappa shape index (κ2) is 8.48. The number of carbonyl (C=O) groups excluding carboxylic acids is 1. The summed E-state index contributed by atoms with van der Waals surface area (Å²) in [6, 6.07) is 14.0. The zero-order valence-corrected chi connectivity index (χ0v) is 17.9. The van der Waals surface area contributed by atoms with Gasteiger partial charge in [0, 0.05) is 36.7 Å². The number of aromatic nitrogens is 1. The van der Waals surface area contributed by atoms with E-state index < -0.39 is 0 Å². The second-order valence-electron chi connectivity index (χ2n) is 9.50. The number of fused-ring (bicyclic) bond motifs is 1. The van der Waals surface area contributed by atoms with Crippen molar-refractivity contribution in [3.05, 3.63) is 66.0 Å². The molecule has 1 aromatic carbocycles. The fourth-order valence-corrected chi connectivity index (χ4v) is 5.29. The highest BCUT2D eigenvalue weighted by Gasteiger charge is 2.46. The molecule has 2 fully saturated rings. The lowest BCUT2D eigenvalue weighted by Gasteiger charge is -2.43. The summed E-state index contributed by atoms with van der Waals surface area (Å²) in [4.78, 5) is 16.8. The van der Waals surface area contributed by atoms with Crippen LogP contribution in [0.3, 0.4) is 0 Å². The van der Waals surface area contributed by atoms with Crippen LogP contribution in [0.5, 0.6) is 0 Å². The predicted molar refractivity (Wildman–Crippen MR) is 116 cm³/mol. The lowest BCUT2D eigenvalue weighted by molar-refractivity contribution is -0.178. The summed E-state index contributed by atoms with van der Waals surface area (Å²) in [6.45, 7) is 4.69. The number of ether oxygens (including phenoxy) is 1. The number of aliphatic hydroxyl groups is 1. The molecule has 2 heterocycles. The molecule has 30 heavy (non-hydrogen) atoms. The number of nitrogens with one attached hydrogen (secondary N) is 1. The maximum Gasteiger partial charge on any atom is 0.252 e. The van der Waals surface area contributed by atoms with Crippen molar-refractivity contribution in [1.82, 2.24) is 10.3 Å². The quantitative estimate of drug-likeness (QED) is 0.806. The minimum atomic E-state index is -0.338. The Labute approximate surface area is 178 Å². The molecule has 1 aliphatic heterocycles. The van der Waals surface area contributed by atoms with E-state index in [-0.39, 0.29) is 35.0 Å². The Morgan fingerprint density at radius 2 is 1.93 bits per heavy atom. The fraction of sp³-hybridized carbons (Fsp3) is 0.520. The minimum absolute atomic E-state index is 0.0587. The molecule has 160 valence electrons. The summed E-state index contributed by atoms with van der Waals surface area (Å²) in [5.74, 6) is 0.0510. The number of hydrogen-bond donors (Lipinski definition) is 2. The van der Waals surface area contributed by atoms with Crippen LogP contribution in [0, 0.1) is 5.92 Å². The Hall–Kier alpha value is -2.24. The number of hydrogen-bond acceptors (Lipinski definition) is 4. The predicted octanol–water partition coefficient (Wildman–Crippen LogP) is 3.87. The van der Waals surface area contributed by atoms with E-state index in [1.807, 2.05) is 6.07 Å². The summed E-state index contributed by atoms with van der Waals surface area (Å²) in [5.41, 5.74) is 1.34. The third kappa shape index (κ3) is 4.42. The van der Waals surface area contributed by atoms with Gasteiger partial charge in [0.2, 0.25) is 0 Å². The van der Waals surface area contributed by atoms with E-state index in [0.29, 0.717) is 18.5 Å². The molecule has 1 saturated carbocycles. The fourth-order valence-electron chi connectivity index (χ4n) is 5.29. The average Bonchev–Trinajstić information content (AvgIpc) is 2.93. The zero-order valence-electron chi connectivity index (χ0n) is 17.9. The zero-order chi connectivity index (χ0) is 21.2. The molecule has 1 saturated heterocycles. The minimum Gasteiger partial charge on any atom is -0.393 e. The summed E-state index contributed by atoms with van der Waals surface area (Å²) >= 11 is 0. The van der Waals surface area contributed by atoms with Crippen molar-refractivity contribution in [1.29, 1.82) is 0 Å². The first kappa shape index (κ1) is 21.0. The smallest absolute Gasteiger partial charge is 0.252 e. The van der Waals surface area contributed by atoms with Crippen LogP contribution in [0.1, 0.15) is 61.9 Å². The number of aliphatic hydroxyl groups excluding tert-OH is 1. The first-order valence-corrected chi connectivity index (χ1v) is 11.0. The van der Waals surface area contributed by atoms with Gasteiger partial charge in [-0.1, -0.05) is 30.3 Å². The summed E-state index contributed by atoms with van der Waals surface area (Å²) in [5, 5.41) is 14.0. The highest BCUT2D eigenvalue weighted by molar-refractivity contribution is 5.93. The lowest BCUT2D eigenvalue weighted by Crippen LogP contribution is -2.48. The third-order valence-corrected chi connectivity index (χ3v) is 6.90. The van der Waals surface area contributed by atoms with Crippen molar-refractivity contribution in [3.63, 3.8) is 0 Å². The van der Waals surface area contributed by atoms with Crippen LogP contribution in [-0.2, 0) is 10.2 Å². The summed E-state index contributed by atoms with van der Waals surface area (Å²) < 4.78 is 6.40. The van der Waals surface area contributed by atoms with Crippen molar-refractivity contribution in [2.24, 2.45) is 5.92 Å². The van der Waals surface area contributed by atoms with Crippen LogP contribution in [0.4, 0.5) is 0 Å². The number of benzene rings is 1. The standard InChI is InChI=1S/C25H32N2O3/c1-24(2)15-21(28)20-10-12-25(13-11-22(20)30-24,19-8-4-3-5-9-19)17-27-23(29)18-7-6-14-26-16-18/h3-9,14,16,20-22,28H,10-13,15,17H2,1-2H3,(H,27,29)/t20-,21+,22+,25+/m1/s1. The highest BCUT2D eigenvalue weighted by Crippen LogP contribution is 2.45. The van der Waals surface area contributed by atoms with Crippen molar-refractivity contribution < 1.29 is 14.6 Å². The second-order valence-corrected chi connectivity index (χ2v) is 9.50. The number of nitrogens with zero attached hydrogens (tertiary/aromatic N) is 1. The van der Waals surface area contributed by atoms with Gasteiger partial charge >= 0.3 is 0 Å². The van der Waals surface area contributed by atoms with Gasteiger partial charge in [-0.05, 0) is 57.2 Å². The van der Waals surface area contributed by atoms with Crippen molar-refractivity contribution in [3.8, 4) is 0 Å². The molecule has 1 aromatic heterocycles. The van der Waals surface area contributed by atoms with Crippen LogP contribution in [-0.4, -0.2) is 40.4 Å². The van der Waals surface area contributed by atoms with Crippen LogP contribution < -0.4 is 5.32 Å². The van der Waals surface area contributed by atoms with Crippen molar-refractivity contribution >= 4 is 5.91 Å². The largest absolute Gasteiger partial charge is 0.393 e. The number of rotatable bonds is 4. The van der Waals surface area contributed by atoms with E-state index >= 15 is 0 Å². The topological polar surface area (TPSA) is 71.5 Å². The van der Waals surface area contributed by atoms with Gasteiger partial charge in [-0.25, -0.2) is 0 Å². The van der Waals surface area contributed by atoms with Crippen LogP contribution >= 0.6 is 0 Å². The molecule has 5 nitrogen and oxygen atoms in total. The highest BCUT2D eigenvalue weighted by atomic mass is 16.5. The van der Waals surface area contributed by atoms with Crippen molar-refractivity contribution in [2.45, 2.75) is 69.2 Å². The maximum atomic E-state index is 12.7. The van der Waals surface area contributed by atoms with Gasteiger partial charge in [0.25, 0.3) is 5.91 Å². The van der Waals surface area contributed by atoms with E-state index in [4.69, 9.17) is 4.74 Å². The van der Waals surface area contributed by atoms with Gasteiger partial charge in [0.05, 0.1) is 23.4 Å². The Bertz CT molecular complexity index is 855. The van der Waals surface area contributed by atoms with E-state index in [2.05, 4.69) is 48.4 Å². The molecule has 1 amide bonds. The molecule has 4 atom stereocenters. The summed E-state index contributed by atoms with van der Waals surface area (Å²) in [6.07, 6.45) is 7.24. The van der Waals surface area contributed by atoms with Gasteiger partial charge in [-0.15, -0.1) is 0 Å². The maximum absolute atomic E-state index is 12.7. The van der Waals surface area contributed by atoms with Gasteiger partial charge in [0.15, 0.2) is 0 Å². The Balaban J connectivity index is 1.57. The molecule has 1 aliphatic carbocycles. The van der Waals surface area contributed by atoms with E-state index in [9.17, 15) is 9.90 Å². The number of pyridine rings is 1. The molecule has 0 bridgehead atoms. The molecule has 0 unspecified atom stereocenters. The first-order chi connectivity index (χ1) is 14.4. The van der Waals surface area contributed by atoms with Gasteiger partial charge in [0.1, 0.15) is 0 Å². The molecule has 5 heteroatoms. The lowest BCUT2D eigenvalue weighted by atomic mass is 9.73. The van der Waals surface area contributed by atoms with E-state index in [1.165, 1.54) is 5.56 Å². The first-order valence-electron chi connectivity index (χ1n) is 11.0. The molecule has 2 aromatic rings. The normalized spacial score (nSPS) is 30.7. The number of amides is 1. The third-order valence-electron chi connectivity index (χ3n) is 6.90. The Morgan fingerprint density at radius 1 is 1.17 bits per heavy atom. The molecule has 2 N–H and O–H groups in total. The van der Waals surface area contributed by atoms with Gasteiger partial charge in [-0.3, -0.25) is 9.78 Å². The van der Waals surface area contributed by atoms with Crippen LogP contribution in [0.2, 0.25) is 0 Å². The van der Waals surface area contributed by atoms with Crippen LogP contribution in [0.15, 0.2) is 54.9 Å². The van der Waals surface area contributed by atoms with E-state index in [1.54, 1.807) is 24.5 Å². The van der Waals surface area contributed by atoms with Gasteiger partial charge in [-0.2, -0.15) is 0 Å². The molecule has 0 radical (unpaired) electrons. The van der Waals surface area contributed by atoms with Crippen molar-refractivity contribution in [2.75, 3.05) is 6.54 Å². The molecule has 2 aliphatic rings. The molecular weight excluding hydrogens is 376 g/mol. The van der Waals surface area contributed by atoms with Crippen LogP contribution in [0.25, 0.3) is 0 Å². The summed E-state index contributed by atoms with van der Waals surface area (Å²) in [7, 11) is 0. The van der Waals surface area contributed by atoms with E-state index in [0.717, 1.165) is 25.7 Å². The monoisotopic (exact) mass is 408 g/mol. The Kier molecular flexibility index (Phi) is 5.94. The molecular formula is C25H32N2O3. The average molecular weight is 409 g/mol. The Morgan fingerprint density at radius 3 is 2.67 bits per heavy atom.